The van der Waals surface area contributed by atoms with Crippen LogP contribution in [0.5, 0.6) is 11.5 Å². The highest BCUT2D eigenvalue weighted by Gasteiger charge is 2.32. The molecule has 2 N–H and O–H groups in total. The van der Waals surface area contributed by atoms with E-state index in [0.717, 1.165) is 22.4 Å². The van der Waals surface area contributed by atoms with Crippen molar-refractivity contribution in [3.8, 4) is 11.5 Å². The van der Waals surface area contributed by atoms with Gasteiger partial charge < -0.3 is 20.1 Å². The number of ether oxygens (including phenoxy) is 2. The van der Waals surface area contributed by atoms with Crippen LogP contribution in [-0.2, 0) is 9.59 Å². The molecule has 2 aliphatic rings. The summed E-state index contributed by atoms with van der Waals surface area (Å²) in [7, 11) is 0. The van der Waals surface area contributed by atoms with Crippen LogP contribution in [0.15, 0.2) is 46.6 Å². The number of anilines is 1. The largest absolute Gasteiger partial charge is 0.454 e. The van der Waals surface area contributed by atoms with Crippen LogP contribution in [0.1, 0.15) is 23.1 Å². The highest BCUT2D eigenvalue weighted by molar-refractivity contribution is 8.15. The first-order valence-corrected chi connectivity index (χ1v) is 10.2. The Morgan fingerprint density at radius 1 is 1.23 bits per heavy atom. The van der Waals surface area contributed by atoms with E-state index in [2.05, 4.69) is 20.8 Å². The lowest BCUT2D eigenvalue weighted by molar-refractivity contribution is -0.122. The Kier molecular flexibility index (Phi) is 5.71. The lowest BCUT2D eigenvalue weighted by Gasteiger charge is -2.12. The Morgan fingerprint density at radius 2 is 2.00 bits per heavy atom. The van der Waals surface area contributed by atoms with E-state index in [1.54, 1.807) is 18.3 Å². The van der Waals surface area contributed by atoms with Crippen molar-refractivity contribution in [2.75, 3.05) is 12.1 Å². The molecule has 4 rings (SSSR count). The van der Waals surface area contributed by atoms with E-state index < -0.39 is 5.25 Å². The molecule has 2 aliphatic heterocycles. The number of nitrogens with one attached hydrogen (secondary N) is 2. The molecule has 0 aliphatic carbocycles. The number of para-hydroxylation sites is 1. The van der Waals surface area contributed by atoms with E-state index in [1.807, 2.05) is 38.1 Å². The Morgan fingerprint density at radius 3 is 2.80 bits per heavy atom. The zero-order valence-corrected chi connectivity index (χ0v) is 17.3. The Hall–Kier alpha value is -3.33. The first kappa shape index (κ1) is 20.0. The molecule has 8 nitrogen and oxygen atoms in total. The summed E-state index contributed by atoms with van der Waals surface area (Å²) in [4.78, 5) is 24.6. The summed E-state index contributed by atoms with van der Waals surface area (Å²) < 4.78 is 10.6. The Bertz CT molecular complexity index is 1050. The smallest absolute Gasteiger partial charge is 0.240 e. The zero-order chi connectivity index (χ0) is 21.1. The maximum atomic E-state index is 12.4. The van der Waals surface area contributed by atoms with Gasteiger partial charge in [-0.3, -0.25) is 9.59 Å². The van der Waals surface area contributed by atoms with E-state index in [9.17, 15) is 9.59 Å². The number of rotatable bonds is 5. The summed E-state index contributed by atoms with van der Waals surface area (Å²) in [5, 5.41) is 13.4. The molecular weight excluding hydrogens is 404 g/mol. The van der Waals surface area contributed by atoms with Crippen LogP contribution in [-0.4, -0.2) is 35.2 Å². The lowest BCUT2D eigenvalue weighted by Crippen LogP contribution is -2.28. The Balaban J connectivity index is 1.35. The molecule has 2 heterocycles. The number of amidine groups is 1. The van der Waals surface area contributed by atoms with Crippen molar-refractivity contribution in [2.24, 2.45) is 10.2 Å². The van der Waals surface area contributed by atoms with Gasteiger partial charge in [-0.2, -0.15) is 5.10 Å². The van der Waals surface area contributed by atoms with Gasteiger partial charge in [0.1, 0.15) is 5.25 Å². The molecule has 0 saturated carbocycles. The van der Waals surface area contributed by atoms with Crippen molar-refractivity contribution in [3.05, 3.63) is 53.1 Å². The predicted octanol–water partition coefficient (Wildman–Crippen LogP) is 2.98. The molecule has 9 heteroatoms. The molecule has 0 spiro atoms. The third kappa shape index (κ3) is 4.46. The van der Waals surface area contributed by atoms with E-state index in [4.69, 9.17) is 9.47 Å². The minimum atomic E-state index is -0.547. The van der Waals surface area contributed by atoms with Crippen molar-refractivity contribution in [2.45, 2.75) is 25.5 Å². The van der Waals surface area contributed by atoms with Crippen molar-refractivity contribution >= 4 is 40.6 Å². The molecule has 0 aromatic heterocycles. The molecule has 2 amide bonds. The molecule has 1 atom stereocenters. The topological polar surface area (TPSA) is 101 Å². The summed E-state index contributed by atoms with van der Waals surface area (Å²) >= 11 is 1.19. The van der Waals surface area contributed by atoms with Crippen LogP contribution in [0.4, 0.5) is 5.69 Å². The first-order valence-electron chi connectivity index (χ1n) is 9.34. The van der Waals surface area contributed by atoms with Crippen LogP contribution in [0.25, 0.3) is 0 Å². The first-order chi connectivity index (χ1) is 14.5. The summed E-state index contributed by atoms with van der Waals surface area (Å²) in [6.45, 7) is 4.07. The standard InChI is InChI=1S/C21H20N4O4S/c1-12-4-3-5-13(2)19(12)23-18(26)9-17-20(27)24-21(30-17)25-22-10-14-6-7-15-16(8-14)29-11-28-15/h3-8,10,17H,9,11H2,1-2H3,(H,23,26)(H,24,25,27)/b22-10-/t17-/m0/s1. The van der Waals surface area contributed by atoms with Gasteiger partial charge in [0.25, 0.3) is 0 Å². The van der Waals surface area contributed by atoms with E-state index >= 15 is 0 Å². The maximum Gasteiger partial charge on any atom is 0.240 e. The zero-order valence-electron chi connectivity index (χ0n) is 16.5. The molecule has 0 unspecified atom stereocenters. The van der Waals surface area contributed by atoms with E-state index in [-0.39, 0.29) is 25.0 Å². The number of hydrogen-bond acceptors (Lipinski definition) is 7. The van der Waals surface area contributed by atoms with Gasteiger partial charge in [-0.15, -0.1) is 5.10 Å². The monoisotopic (exact) mass is 424 g/mol. The highest BCUT2D eigenvalue weighted by Crippen LogP contribution is 2.32. The summed E-state index contributed by atoms with van der Waals surface area (Å²) in [5.41, 5.74) is 3.54. The van der Waals surface area contributed by atoms with Crippen LogP contribution in [0.2, 0.25) is 0 Å². The van der Waals surface area contributed by atoms with Gasteiger partial charge in [0, 0.05) is 12.1 Å². The Labute approximate surface area is 177 Å². The minimum Gasteiger partial charge on any atom is -0.454 e. The second-order valence-electron chi connectivity index (χ2n) is 6.88. The number of carbonyl (C=O) groups is 2. The fourth-order valence-corrected chi connectivity index (χ4v) is 4.02. The molecule has 0 radical (unpaired) electrons. The third-order valence-corrected chi connectivity index (χ3v) is 5.72. The van der Waals surface area contributed by atoms with Crippen molar-refractivity contribution < 1.29 is 19.1 Å². The number of nitrogens with zero attached hydrogens (tertiary/aromatic N) is 2. The molecular formula is C21H20N4O4S. The van der Waals surface area contributed by atoms with Gasteiger partial charge in [-0.25, -0.2) is 0 Å². The minimum absolute atomic E-state index is 0.0508. The fourth-order valence-electron chi connectivity index (χ4n) is 3.10. The van der Waals surface area contributed by atoms with E-state index in [1.165, 1.54) is 11.8 Å². The average molecular weight is 424 g/mol. The van der Waals surface area contributed by atoms with Crippen LogP contribution < -0.4 is 20.1 Å². The van der Waals surface area contributed by atoms with Gasteiger partial charge in [-0.05, 0) is 48.7 Å². The van der Waals surface area contributed by atoms with Crippen LogP contribution >= 0.6 is 11.8 Å². The quantitative estimate of drug-likeness (QED) is 0.568. The lowest BCUT2D eigenvalue weighted by atomic mass is 10.1. The molecule has 2 aromatic carbocycles. The van der Waals surface area contributed by atoms with Crippen LogP contribution in [0.3, 0.4) is 0 Å². The molecule has 1 saturated heterocycles. The summed E-state index contributed by atoms with van der Waals surface area (Å²) in [5.74, 6) is 0.878. The van der Waals surface area contributed by atoms with Crippen molar-refractivity contribution in [3.63, 3.8) is 0 Å². The summed E-state index contributed by atoms with van der Waals surface area (Å²) in [6, 6.07) is 11.2. The SMILES string of the molecule is Cc1cccc(C)c1NC(=O)C[C@@H]1S/C(=N\N=C/c2ccc3c(c2)OCO3)NC1=O. The van der Waals surface area contributed by atoms with Crippen molar-refractivity contribution in [1.29, 1.82) is 0 Å². The number of amides is 2. The number of hydrogen-bond donors (Lipinski definition) is 2. The molecule has 30 heavy (non-hydrogen) atoms. The number of aryl methyl sites for hydroxylation is 2. The number of fused-ring (bicyclic) bond motifs is 1. The molecule has 154 valence electrons. The number of benzene rings is 2. The van der Waals surface area contributed by atoms with E-state index in [0.29, 0.717) is 16.7 Å². The second-order valence-corrected chi connectivity index (χ2v) is 8.07. The van der Waals surface area contributed by atoms with Gasteiger partial charge in [0.2, 0.25) is 18.6 Å². The highest BCUT2D eigenvalue weighted by atomic mass is 32.2. The predicted molar refractivity (Wildman–Crippen MR) is 116 cm³/mol. The van der Waals surface area contributed by atoms with Gasteiger partial charge in [-0.1, -0.05) is 30.0 Å². The number of carbonyl (C=O) groups excluding carboxylic acids is 2. The molecule has 2 aromatic rings. The van der Waals surface area contributed by atoms with Gasteiger partial charge >= 0.3 is 0 Å². The molecule has 0 bridgehead atoms. The number of thioether (sulfide) groups is 1. The average Bonchev–Trinajstić information content (AvgIpc) is 3.31. The van der Waals surface area contributed by atoms with Gasteiger partial charge in [0.05, 0.1) is 6.21 Å². The van der Waals surface area contributed by atoms with Gasteiger partial charge in [0.15, 0.2) is 16.7 Å². The second kappa shape index (κ2) is 8.58. The normalized spacial score (nSPS) is 18.8. The van der Waals surface area contributed by atoms with Crippen LogP contribution in [0, 0.1) is 13.8 Å². The molecule has 1 fully saturated rings. The fraction of sp³-hybridized carbons (Fsp3) is 0.238. The maximum absolute atomic E-state index is 12.4. The van der Waals surface area contributed by atoms with Crippen molar-refractivity contribution in [1.82, 2.24) is 5.32 Å². The third-order valence-electron chi connectivity index (χ3n) is 4.64. The summed E-state index contributed by atoms with van der Waals surface area (Å²) in [6.07, 6.45) is 1.61.